The predicted octanol–water partition coefficient (Wildman–Crippen LogP) is -0.583. The lowest BCUT2D eigenvalue weighted by Gasteiger charge is -2.16. The van der Waals surface area contributed by atoms with Gasteiger partial charge in [0, 0.05) is 24.8 Å². The number of nitrogens with two attached hydrogens (primary N) is 1. The third-order valence-corrected chi connectivity index (χ3v) is 0.902. The van der Waals surface area contributed by atoms with Crippen LogP contribution in [-0.4, -0.2) is 11.0 Å². The van der Waals surface area contributed by atoms with Crippen LogP contribution in [0.15, 0.2) is 24.8 Å². The summed E-state index contributed by atoms with van der Waals surface area (Å²) in [5, 5.41) is 4.24. The van der Waals surface area contributed by atoms with Gasteiger partial charge in [0.25, 0.3) is 0 Å². The number of amides is 2. The molecule has 0 aliphatic carbocycles. The minimum absolute atomic E-state index is 0.587. The molecule has 0 saturated heterocycles. The van der Waals surface area contributed by atoms with Crippen molar-refractivity contribution in [2.45, 2.75) is 0 Å². The maximum absolute atomic E-state index is 10.2. The number of primary amides is 1. The summed E-state index contributed by atoms with van der Waals surface area (Å²) in [6.07, 6.45) is 6.58. The Bertz CT molecular complexity index is 174. The number of carbonyl (C=O) groups is 1. The predicted molar refractivity (Wildman–Crippen MR) is 36.0 cm³/mol. The summed E-state index contributed by atoms with van der Waals surface area (Å²) in [5.74, 6) is 0. The minimum Gasteiger partial charge on any atom is -0.365 e. The first-order chi connectivity index (χ1) is 4.79. The number of rotatable bonds is 1. The minimum atomic E-state index is -0.587. The van der Waals surface area contributed by atoms with Crippen molar-refractivity contribution >= 4 is 6.03 Å². The number of urea groups is 1. The first kappa shape index (κ1) is 6.47. The molecule has 0 radical (unpaired) electrons. The molecule has 0 saturated carbocycles. The molecule has 1 rings (SSSR count). The second kappa shape index (κ2) is 2.77. The van der Waals surface area contributed by atoms with Crippen molar-refractivity contribution in [3.05, 3.63) is 24.8 Å². The Labute approximate surface area is 58.1 Å². The van der Waals surface area contributed by atoms with Crippen molar-refractivity contribution in [2.75, 3.05) is 0 Å². The molecule has 2 amide bonds. The third kappa shape index (κ3) is 1.70. The fraction of sp³-hybridized carbons (Fsp3) is 0. The molecule has 54 valence electrons. The molecule has 0 unspecified atom stereocenters. The van der Waals surface area contributed by atoms with Gasteiger partial charge < -0.3 is 11.1 Å². The summed E-state index contributed by atoms with van der Waals surface area (Å²) in [5.41, 5.74) is 7.18. The largest absolute Gasteiger partial charge is 0.365 e. The molecular formula is C5H8N4O. The average Bonchev–Trinajstić information content (AvgIpc) is 1.88. The van der Waals surface area contributed by atoms with Crippen LogP contribution in [0.5, 0.6) is 0 Å². The van der Waals surface area contributed by atoms with E-state index < -0.39 is 6.03 Å². The zero-order valence-electron chi connectivity index (χ0n) is 5.24. The van der Waals surface area contributed by atoms with Crippen molar-refractivity contribution in [3.63, 3.8) is 0 Å². The number of hydrazine groups is 1. The molecule has 0 fully saturated rings. The summed E-state index contributed by atoms with van der Waals surface area (Å²) in [6, 6.07) is -0.587. The second-order valence-corrected chi connectivity index (χ2v) is 1.68. The molecule has 1 aliphatic rings. The molecule has 0 bridgehead atoms. The van der Waals surface area contributed by atoms with Crippen molar-refractivity contribution in [1.82, 2.24) is 15.8 Å². The Morgan fingerprint density at radius 1 is 1.50 bits per heavy atom. The lowest BCUT2D eigenvalue weighted by atomic mass is 10.7. The highest BCUT2D eigenvalue weighted by atomic mass is 16.2. The normalized spacial score (nSPS) is 14.6. The quantitative estimate of drug-likeness (QED) is 0.456. The summed E-state index contributed by atoms with van der Waals surface area (Å²) in [6.45, 7) is 0. The first-order valence-corrected chi connectivity index (χ1v) is 2.73. The number of carbonyl (C=O) groups excluding carboxylic acids is 1. The van der Waals surface area contributed by atoms with E-state index in [2.05, 4.69) is 10.7 Å². The van der Waals surface area contributed by atoms with Crippen LogP contribution in [0, 0.1) is 0 Å². The van der Waals surface area contributed by atoms with Crippen LogP contribution in [0.3, 0.4) is 0 Å². The highest BCUT2D eigenvalue weighted by Crippen LogP contribution is 1.88. The van der Waals surface area contributed by atoms with E-state index in [0.29, 0.717) is 0 Å². The Morgan fingerprint density at radius 3 is 2.60 bits per heavy atom. The molecule has 0 aromatic heterocycles. The van der Waals surface area contributed by atoms with Gasteiger partial charge in [-0.1, -0.05) is 0 Å². The van der Waals surface area contributed by atoms with Crippen LogP contribution in [0.1, 0.15) is 0 Å². The van der Waals surface area contributed by atoms with Crippen LogP contribution < -0.4 is 16.5 Å². The van der Waals surface area contributed by atoms with Crippen LogP contribution in [-0.2, 0) is 0 Å². The van der Waals surface area contributed by atoms with Gasteiger partial charge in [-0.2, -0.15) is 0 Å². The van der Waals surface area contributed by atoms with E-state index in [-0.39, 0.29) is 0 Å². The van der Waals surface area contributed by atoms with Crippen molar-refractivity contribution in [2.24, 2.45) is 5.73 Å². The van der Waals surface area contributed by atoms with Gasteiger partial charge in [0.2, 0.25) is 0 Å². The lowest BCUT2D eigenvalue weighted by molar-refractivity contribution is 0.232. The van der Waals surface area contributed by atoms with E-state index >= 15 is 0 Å². The fourth-order valence-electron chi connectivity index (χ4n) is 0.554. The summed E-state index contributed by atoms with van der Waals surface area (Å²) >= 11 is 0. The first-order valence-electron chi connectivity index (χ1n) is 2.73. The number of nitrogens with one attached hydrogen (secondary N) is 2. The third-order valence-electron chi connectivity index (χ3n) is 0.902. The van der Waals surface area contributed by atoms with Gasteiger partial charge in [-0.15, -0.1) is 0 Å². The van der Waals surface area contributed by atoms with Gasteiger partial charge >= 0.3 is 6.03 Å². The SMILES string of the molecule is NC(=O)NN1C=CNC=C1. The molecule has 0 atom stereocenters. The molecule has 0 spiro atoms. The standard InChI is InChI=1S/C5H8N4O/c6-5(10)8-9-3-1-7-2-4-9/h1-4,7H,(H3,6,8,10). The molecule has 1 heterocycles. The number of nitrogens with zero attached hydrogens (tertiary/aromatic N) is 1. The fourth-order valence-corrected chi connectivity index (χ4v) is 0.554. The molecular weight excluding hydrogens is 132 g/mol. The maximum Gasteiger partial charge on any atom is 0.331 e. The summed E-state index contributed by atoms with van der Waals surface area (Å²) in [4.78, 5) is 10.2. The highest BCUT2D eigenvalue weighted by molar-refractivity contribution is 5.71. The van der Waals surface area contributed by atoms with Gasteiger partial charge in [0.05, 0.1) is 0 Å². The van der Waals surface area contributed by atoms with Crippen molar-refractivity contribution in [3.8, 4) is 0 Å². The zero-order valence-corrected chi connectivity index (χ0v) is 5.24. The van der Waals surface area contributed by atoms with E-state index in [1.807, 2.05) is 0 Å². The van der Waals surface area contributed by atoms with Crippen LogP contribution >= 0.6 is 0 Å². The van der Waals surface area contributed by atoms with Gasteiger partial charge in [0.15, 0.2) is 0 Å². The molecule has 0 aromatic rings. The smallest absolute Gasteiger partial charge is 0.331 e. The molecule has 1 aliphatic heterocycles. The van der Waals surface area contributed by atoms with Crippen molar-refractivity contribution < 1.29 is 4.79 Å². The topological polar surface area (TPSA) is 70.4 Å². The molecule has 0 aromatic carbocycles. The van der Waals surface area contributed by atoms with Gasteiger partial charge in [-0.25, -0.2) is 10.2 Å². The second-order valence-electron chi connectivity index (χ2n) is 1.68. The Kier molecular flexibility index (Phi) is 1.79. The van der Waals surface area contributed by atoms with E-state index in [9.17, 15) is 4.79 Å². The van der Waals surface area contributed by atoms with Gasteiger partial charge in [-0.05, 0) is 0 Å². The Balaban J connectivity index is 2.40. The van der Waals surface area contributed by atoms with Crippen molar-refractivity contribution in [1.29, 1.82) is 0 Å². The summed E-state index contributed by atoms with van der Waals surface area (Å²) < 4.78 is 0. The zero-order chi connectivity index (χ0) is 7.40. The monoisotopic (exact) mass is 140 g/mol. The molecule has 4 N–H and O–H groups in total. The molecule has 10 heavy (non-hydrogen) atoms. The Hall–Kier alpha value is -1.65. The van der Waals surface area contributed by atoms with Gasteiger partial charge in [0.1, 0.15) is 0 Å². The van der Waals surface area contributed by atoms with E-state index in [0.717, 1.165) is 0 Å². The maximum atomic E-state index is 10.2. The Morgan fingerprint density at radius 2 is 2.10 bits per heavy atom. The molecule has 5 nitrogen and oxygen atoms in total. The van der Waals surface area contributed by atoms with E-state index in [1.165, 1.54) is 5.01 Å². The van der Waals surface area contributed by atoms with Crippen LogP contribution in [0.4, 0.5) is 4.79 Å². The van der Waals surface area contributed by atoms with Crippen LogP contribution in [0.25, 0.3) is 0 Å². The van der Waals surface area contributed by atoms with E-state index in [4.69, 9.17) is 5.73 Å². The molecule has 5 heteroatoms. The van der Waals surface area contributed by atoms with Crippen LogP contribution in [0.2, 0.25) is 0 Å². The highest BCUT2D eigenvalue weighted by Gasteiger charge is 1.97. The summed E-state index contributed by atoms with van der Waals surface area (Å²) in [7, 11) is 0. The average molecular weight is 140 g/mol. The number of hydrogen-bond acceptors (Lipinski definition) is 3. The van der Waals surface area contributed by atoms with E-state index in [1.54, 1.807) is 24.8 Å². The number of hydrogen-bond donors (Lipinski definition) is 3. The van der Waals surface area contributed by atoms with Gasteiger partial charge in [-0.3, -0.25) is 5.01 Å². The lowest BCUT2D eigenvalue weighted by Crippen LogP contribution is -2.39.